The van der Waals surface area contributed by atoms with Gasteiger partial charge in [0.1, 0.15) is 0 Å². The van der Waals surface area contributed by atoms with Crippen LogP contribution in [0.1, 0.15) is 56.4 Å². The van der Waals surface area contributed by atoms with Crippen molar-refractivity contribution < 1.29 is 0 Å². The molecule has 0 aliphatic heterocycles. The van der Waals surface area contributed by atoms with E-state index in [4.69, 9.17) is 0 Å². The Labute approximate surface area is 121 Å². The van der Waals surface area contributed by atoms with Crippen molar-refractivity contribution in [2.24, 2.45) is 0 Å². The van der Waals surface area contributed by atoms with Crippen LogP contribution in [0.5, 0.6) is 0 Å². The molecule has 0 aromatic carbocycles. The largest absolute Gasteiger partial charge is 0.316 e. The Kier molecular flexibility index (Phi) is 5.79. The van der Waals surface area contributed by atoms with Gasteiger partial charge in [-0.1, -0.05) is 26.2 Å². The fourth-order valence-electron chi connectivity index (χ4n) is 3.06. The van der Waals surface area contributed by atoms with Gasteiger partial charge in [0.15, 0.2) is 0 Å². The Morgan fingerprint density at radius 2 is 2.16 bits per heavy atom. The molecule has 1 fully saturated rings. The molecule has 19 heavy (non-hydrogen) atoms. The highest BCUT2D eigenvalue weighted by Crippen LogP contribution is 2.30. The lowest BCUT2D eigenvalue weighted by molar-refractivity contribution is 0.228. The molecule has 1 aliphatic rings. The second-order valence-corrected chi connectivity index (χ2v) is 6.74. The summed E-state index contributed by atoms with van der Waals surface area (Å²) in [5.41, 5.74) is 0.398. The van der Waals surface area contributed by atoms with E-state index in [1.165, 1.54) is 43.5 Å². The Morgan fingerprint density at radius 3 is 2.79 bits per heavy atom. The van der Waals surface area contributed by atoms with Crippen molar-refractivity contribution in [2.75, 3.05) is 20.1 Å². The lowest BCUT2D eigenvalue weighted by atomic mass is 9.79. The normalized spacial score (nSPS) is 20.3. The first-order valence-corrected chi connectivity index (χ1v) is 8.43. The summed E-state index contributed by atoms with van der Waals surface area (Å²) in [5, 5.41) is 10.5. The predicted molar refractivity (Wildman–Crippen MR) is 82.9 cm³/mol. The molecule has 108 valence electrons. The number of hydrogen-bond donors (Lipinski definition) is 2. The summed E-state index contributed by atoms with van der Waals surface area (Å²) >= 11 is 1.76. The summed E-state index contributed by atoms with van der Waals surface area (Å²) in [6, 6.07) is 0. The second-order valence-electron chi connectivity index (χ2n) is 5.82. The van der Waals surface area contributed by atoms with Gasteiger partial charge >= 0.3 is 0 Å². The Bertz CT molecular complexity index is 344. The average molecular weight is 281 g/mol. The minimum Gasteiger partial charge on any atom is -0.316 e. The average Bonchev–Trinajstić information content (AvgIpc) is 2.99. The maximum atomic E-state index is 4.38. The quantitative estimate of drug-likeness (QED) is 0.754. The van der Waals surface area contributed by atoms with Crippen LogP contribution in [0.3, 0.4) is 0 Å². The van der Waals surface area contributed by atoms with Crippen LogP contribution < -0.4 is 10.6 Å². The number of rotatable bonds is 7. The standard InChI is InChI=1S/C15H27N3S/c1-13(14-18-10-11-19-14)12-17-9-8-15(16-2)6-4-3-5-7-15/h10-11,13,16-17H,3-9,12H2,1-2H3. The van der Waals surface area contributed by atoms with Crippen LogP contribution in [0.15, 0.2) is 11.6 Å². The molecule has 2 rings (SSSR count). The van der Waals surface area contributed by atoms with Crippen LogP contribution in [0, 0.1) is 0 Å². The molecule has 4 heteroatoms. The molecular formula is C15H27N3S. The van der Waals surface area contributed by atoms with Gasteiger partial charge in [-0.2, -0.15) is 0 Å². The molecule has 0 bridgehead atoms. The van der Waals surface area contributed by atoms with Gasteiger partial charge < -0.3 is 10.6 Å². The number of nitrogens with one attached hydrogen (secondary N) is 2. The molecule has 1 aliphatic carbocycles. The lowest BCUT2D eigenvalue weighted by Gasteiger charge is -2.37. The van der Waals surface area contributed by atoms with Crippen LogP contribution in [-0.4, -0.2) is 30.7 Å². The molecule has 0 saturated heterocycles. The number of hydrogen-bond acceptors (Lipinski definition) is 4. The highest BCUT2D eigenvalue weighted by Gasteiger charge is 2.29. The molecule has 1 unspecified atom stereocenters. The molecule has 1 aromatic heterocycles. The van der Waals surface area contributed by atoms with Crippen molar-refractivity contribution >= 4 is 11.3 Å². The van der Waals surface area contributed by atoms with Crippen LogP contribution in [-0.2, 0) is 0 Å². The van der Waals surface area contributed by atoms with E-state index in [2.05, 4.69) is 35.0 Å². The third-order valence-electron chi connectivity index (χ3n) is 4.44. The van der Waals surface area contributed by atoms with Crippen molar-refractivity contribution in [1.29, 1.82) is 0 Å². The Balaban J connectivity index is 1.68. The molecule has 3 nitrogen and oxygen atoms in total. The molecule has 0 spiro atoms. The summed E-state index contributed by atoms with van der Waals surface area (Å²) in [6.45, 7) is 4.39. The van der Waals surface area contributed by atoms with E-state index >= 15 is 0 Å². The summed E-state index contributed by atoms with van der Waals surface area (Å²) in [5.74, 6) is 0.525. The van der Waals surface area contributed by atoms with Crippen LogP contribution in [0.2, 0.25) is 0 Å². The van der Waals surface area contributed by atoms with Crippen molar-refractivity contribution in [2.45, 2.75) is 56.9 Å². The third kappa shape index (κ3) is 4.26. The zero-order valence-corrected chi connectivity index (χ0v) is 13.1. The maximum absolute atomic E-state index is 4.38. The van der Waals surface area contributed by atoms with E-state index < -0.39 is 0 Å². The van der Waals surface area contributed by atoms with E-state index in [-0.39, 0.29) is 0 Å². The van der Waals surface area contributed by atoms with E-state index in [0.717, 1.165) is 13.1 Å². The van der Waals surface area contributed by atoms with Crippen molar-refractivity contribution in [1.82, 2.24) is 15.6 Å². The summed E-state index contributed by atoms with van der Waals surface area (Å²) in [4.78, 5) is 4.38. The molecule has 1 saturated carbocycles. The number of thiazole rings is 1. The number of aromatic nitrogens is 1. The molecule has 2 N–H and O–H groups in total. The molecular weight excluding hydrogens is 254 g/mol. The van der Waals surface area contributed by atoms with Gasteiger partial charge in [-0.15, -0.1) is 11.3 Å². The maximum Gasteiger partial charge on any atom is 0.0965 e. The van der Waals surface area contributed by atoms with E-state index in [9.17, 15) is 0 Å². The van der Waals surface area contributed by atoms with E-state index in [1.54, 1.807) is 11.3 Å². The first-order valence-electron chi connectivity index (χ1n) is 7.55. The summed E-state index contributed by atoms with van der Waals surface area (Å²) in [6.07, 6.45) is 10.0. The Hall–Kier alpha value is -0.450. The first-order chi connectivity index (χ1) is 9.26. The summed E-state index contributed by atoms with van der Waals surface area (Å²) in [7, 11) is 2.13. The molecule has 1 atom stereocenters. The number of nitrogens with zero attached hydrogens (tertiary/aromatic N) is 1. The zero-order chi connectivity index (χ0) is 13.6. The van der Waals surface area contributed by atoms with Gasteiger partial charge in [0.25, 0.3) is 0 Å². The highest BCUT2D eigenvalue weighted by molar-refractivity contribution is 7.09. The predicted octanol–water partition coefficient (Wildman–Crippen LogP) is 3.15. The molecule has 0 radical (unpaired) electrons. The topological polar surface area (TPSA) is 37.0 Å². The van der Waals surface area contributed by atoms with Gasteiger partial charge in [0, 0.05) is 29.6 Å². The molecule has 1 aromatic rings. The minimum atomic E-state index is 0.398. The molecule has 1 heterocycles. The highest BCUT2D eigenvalue weighted by atomic mass is 32.1. The first kappa shape index (κ1) is 14.9. The minimum absolute atomic E-state index is 0.398. The zero-order valence-electron chi connectivity index (χ0n) is 12.2. The monoisotopic (exact) mass is 281 g/mol. The van der Waals surface area contributed by atoms with Crippen LogP contribution in [0.25, 0.3) is 0 Å². The van der Waals surface area contributed by atoms with Gasteiger partial charge in [-0.3, -0.25) is 0 Å². The van der Waals surface area contributed by atoms with Crippen molar-refractivity contribution in [3.05, 3.63) is 16.6 Å². The van der Waals surface area contributed by atoms with Crippen LogP contribution >= 0.6 is 11.3 Å². The van der Waals surface area contributed by atoms with E-state index in [1.807, 2.05) is 6.20 Å². The molecule has 0 amide bonds. The summed E-state index contributed by atoms with van der Waals surface area (Å²) < 4.78 is 0. The lowest BCUT2D eigenvalue weighted by Crippen LogP contribution is -2.46. The smallest absolute Gasteiger partial charge is 0.0965 e. The third-order valence-corrected chi connectivity index (χ3v) is 5.45. The van der Waals surface area contributed by atoms with E-state index in [0.29, 0.717) is 11.5 Å². The SMILES string of the molecule is CNC1(CCNCC(C)c2nccs2)CCCCC1. The second kappa shape index (κ2) is 7.36. The van der Waals surface area contributed by atoms with Crippen LogP contribution in [0.4, 0.5) is 0 Å². The van der Waals surface area contributed by atoms with Gasteiger partial charge in [-0.25, -0.2) is 4.98 Å². The van der Waals surface area contributed by atoms with Crippen molar-refractivity contribution in [3.63, 3.8) is 0 Å². The van der Waals surface area contributed by atoms with Gasteiger partial charge in [0.05, 0.1) is 5.01 Å². The van der Waals surface area contributed by atoms with Crippen molar-refractivity contribution in [3.8, 4) is 0 Å². The Morgan fingerprint density at radius 1 is 1.37 bits per heavy atom. The van der Waals surface area contributed by atoms with Gasteiger partial charge in [0.2, 0.25) is 0 Å². The van der Waals surface area contributed by atoms with Gasteiger partial charge in [-0.05, 0) is 32.9 Å². The fourth-order valence-corrected chi connectivity index (χ4v) is 3.76. The fraction of sp³-hybridized carbons (Fsp3) is 0.800.